The van der Waals surface area contributed by atoms with Crippen LogP contribution in [-0.2, 0) is 0 Å². The van der Waals surface area contributed by atoms with Gasteiger partial charge in [-0.25, -0.2) is 0 Å². The van der Waals surface area contributed by atoms with E-state index in [1.165, 1.54) is 24.1 Å². The summed E-state index contributed by atoms with van der Waals surface area (Å²) < 4.78 is 0. The van der Waals surface area contributed by atoms with Crippen molar-refractivity contribution in [3.8, 4) is 0 Å². The normalized spacial score (nSPS) is 23.8. The van der Waals surface area contributed by atoms with Gasteiger partial charge in [-0.2, -0.15) is 0 Å². The molecule has 1 aliphatic rings. The minimum absolute atomic E-state index is 0.644. The SMILES string of the molecule is CCNCC1CC1c1ccc(C(C)C)cc1. The summed E-state index contributed by atoms with van der Waals surface area (Å²) in [5.74, 6) is 2.34. The second-order valence-electron chi connectivity index (χ2n) is 5.23. The highest BCUT2D eigenvalue weighted by Crippen LogP contribution is 2.47. The Hall–Kier alpha value is -0.820. The minimum Gasteiger partial charge on any atom is -0.317 e. The lowest BCUT2D eigenvalue weighted by Crippen LogP contribution is -2.16. The predicted molar refractivity (Wildman–Crippen MR) is 69.9 cm³/mol. The molecule has 1 heteroatoms. The van der Waals surface area contributed by atoms with Gasteiger partial charge in [0.2, 0.25) is 0 Å². The highest BCUT2D eigenvalue weighted by Gasteiger charge is 2.37. The van der Waals surface area contributed by atoms with E-state index < -0.39 is 0 Å². The average molecular weight is 217 g/mol. The molecule has 1 aliphatic carbocycles. The molecule has 1 nitrogen and oxygen atoms in total. The van der Waals surface area contributed by atoms with Crippen molar-refractivity contribution in [1.82, 2.24) is 5.32 Å². The summed E-state index contributed by atoms with van der Waals surface area (Å²) in [6.07, 6.45) is 1.37. The molecular formula is C15H23N. The van der Waals surface area contributed by atoms with E-state index in [2.05, 4.69) is 50.4 Å². The van der Waals surface area contributed by atoms with Gasteiger partial charge in [0, 0.05) is 0 Å². The fourth-order valence-electron chi connectivity index (χ4n) is 2.34. The van der Waals surface area contributed by atoms with Gasteiger partial charge < -0.3 is 5.32 Å². The molecule has 0 bridgehead atoms. The monoisotopic (exact) mass is 217 g/mol. The van der Waals surface area contributed by atoms with Crippen LogP contribution in [0, 0.1) is 5.92 Å². The zero-order valence-electron chi connectivity index (χ0n) is 10.7. The van der Waals surface area contributed by atoms with E-state index in [-0.39, 0.29) is 0 Å². The average Bonchev–Trinajstić information content (AvgIpc) is 3.06. The van der Waals surface area contributed by atoms with Crippen molar-refractivity contribution < 1.29 is 0 Å². The lowest BCUT2D eigenvalue weighted by molar-refractivity contribution is 0.649. The molecule has 0 heterocycles. The first-order chi connectivity index (χ1) is 7.72. The van der Waals surface area contributed by atoms with Crippen LogP contribution in [0.15, 0.2) is 24.3 Å². The molecule has 88 valence electrons. The second-order valence-corrected chi connectivity index (χ2v) is 5.23. The first kappa shape index (κ1) is 11.7. The minimum atomic E-state index is 0.644. The number of benzene rings is 1. The summed E-state index contributed by atoms with van der Waals surface area (Å²) in [5, 5.41) is 3.44. The first-order valence-electron chi connectivity index (χ1n) is 6.53. The van der Waals surface area contributed by atoms with E-state index in [1.54, 1.807) is 0 Å². The lowest BCUT2D eigenvalue weighted by atomic mass is 10.00. The van der Waals surface area contributed by atoms with Crippen LogP contribution in [0.2, 0.25) is 0 Å². The Balaban J connectivity index is 1.92. The molecule has 2 atom stereocenters. The Morgan fingerprint density at radius 2 is 1.94 bits per heavy atom. The van der Waals surface area contributed by atoms with Gasteiger partial charge in [-0.3, -0.25) is 0 Å². The van der Waals surface area contributed by atoms with Crippen molar-refractivity contribution in [2.75, 3.05) is 13.1 Å². The Labute approximate surface area is 99.3 Å². The molecule has 1 fully saturated rings. The van der Waals surface area contributed by atoms with Crippen LogP contribution in [0.1, 0.15) is 50.2 Å². The smallest absolute Gasteiger partial charge is 0.00146 e. The molecule has 1 N–H and O–H groups in total. The van der Waals surface area contributed by atoms with E-state index in [4.69, 9.17) is 0 Å². The quantitative estimate of drug-likeness (QED) is 0.795. The van der Waals surface area contributed by atoms with Gasteiger partial charge in [0.05, 0.1) is 0 Å². The third kappa shape index (κ3) is 2.65. The van der Waals surface area contributed by atoms with Crippen LogP contribution in [0.3, 0.4) is 0 Å². The highest BCUT2D eigenvalue weighted by atomic mass is 14.9. The first-order valence-corrected chi connectivity index (χ1v) is 6.53. The van der Waals surface area contributed by atoms with Crippen molar-refractivity contribution in [3.63, 3.8) is 0 Å². The topological polar surface area (TPSA) is 12.0 Å². The maximum atomic E-state index is 3.44. The summed E-state index contributed by atoms with van der Waals surface area (Å²) in [6, 6.07) is 9.24. The van der Waals surface area contributed by atoms with Gasteiger partial charge >= 0.3 is 0 Å². The highest BCUT2D eigenvalue weighted by molar-refractivity contribution is 5.30. The summed E-state index contributed by atoms with van der Waals surface area (Å²) in [5.41, 5.74) is 2.99. The third-order valence-electron chi connectivity index (χ3n) is 3.61. The lowest BCUT2D eigenvalue weighted by Gasteiger charge is -2.07. The van der Waals surface area contributed by atoms with Crippen LogP contribution in [0.4, 0.5) is 0 Å². The molecule has 1 aromatic rings. The van der Waals surface area contributed by atoms with E-state index >= 15 is 0 Å². The van der Waals surface area contributed by atoms with E-state index in [9.17, 15) is 0 Å². The van der Waals surface area contributed by atoms with Gasteiger partial charge in [0.15, 0.2) is 0 Å². The van der Waals surface area contributed by atoms with Crippen LogP contribution < -0.4 is 5.32 Å². The molecule has 0 amide bonds. The molecule has 1 aromatic carbocycles. The molecule has 0 aliphatic heterocycles. The molecule has 0 radical (unpaired) electrons. The molecule has 1 saturated carbocycles. The van der Waals surface area contributed by atoms with Crippen molar-refractivity contribution in [1.29, 1.82) is 0 Å². The molecule has 2 rings (SSSR count). The second kappa shape index (κ2) is 5.01. The third-order valence-corrected chi connectivity index (χ3v) is 3.61. The van der Waals surface area contributed by atoms with Gasteiger partial charge in [-0.1, -0.05) is 45.0 Å². The van der Waals surface area contributed by atoms with E-state index in [0.29, 0.717) is 5.92 Å². The van der Waals surface area contributed by atoms with Crippen LogP contribution in [-0.4, -0.2) is 13.1 Å². The van der Waals surface area contributed by atoms with Gasteiger partial charge in [-0.15, -0.1) is 0 Å². The Morgan fingerprint density at radius 1 is 1.25 bits per heavy atom. The van der Waals surface area contributed by atoms with Crippen molar-refractivity contribution >= 4 is 0 Å². The summed E-state index contributed by atoms with van der Waals surface area (Å²) in [6.45, 7) is 8.96. The molecular weight excluding hydrogens is 194 g/mol. The number of hydrogen-bond donors (Lipinski definition) is 1. The van der Waals surface area contributed by atoms with Crippen LogP contribution in [0.25, 0.3) is 0 Å². The Morgan fingerprint density at radius 3 is 2.50 bits per heavy atom. The zero-order valence-corrected chi connectivity index (χ0v) is 10.7. The van der Waals surface area contributed by atoms with Crippen LogP contribution >= 0.6 is 0 Å². The fourth-order valence-corrected chi connectivity index (χ4v) is 2.34. The van der Waals surface area contributed by atoms with Gasteiger partial charge in [0.1, 0.15) is 0 Å². The number of rotatable bonds is 5. The van der Waals surface area contributed by atoms with Gasteiger partial charge in [-0.05, 0) is 48.4 Å². The number of hydrogen-bond acceptors (Lipinski definition) is 1. The molecule has 2 unspecified atom stereocenters. The van der Waals surface area contributed by atoms with Crippen LogP contribution in [0.5, 0.6) is 0 Å². The Bertz CT molecular complexity index is 326. The predicted octanol–water partition coefficient (Wildman–Crippen LogP) is 3.52. The van der Waals surface area contributed by atoms with E-state index in [1.807, 2.05) is 0 Å². The summed E-state index contributed by atoms with van der Waals surface area (Å²) >= 11 is 0. The zero-order chi connectivity index (χ0) is 11.5. The Kier molecular flexibility index (Phi) is 3.65. The maximum Gasteiger partial charge on any atom is -0.00146 e. The van der Waals surface area contributed by atoms with Crippen molar-refractivity contribution in [3.05, 3.63) is 35.4 Å². The van der Waals surface area contributed by atoms with E-state index in [0.717, 1.165) is 18.4 Å². The van der Waals surface area contributed by atoms with Crippen molar-refractivity contribution in [2.24, 2.45) is 5.92 Å². The molecule has 16 heavy (non-hydrogen) atoms. The maximum absolute atomic E-state index is 3.44. The summed E-state index contributed by atoms with van der Waals surface area (Å²) in [4.78, 5) is 0. The molecule has 0 saturated heterocycles. The molecule has 0 spiro atoms. The fraction of sp³-hybridized carbons (Fsp3) is 0.600. The largest absolute Gasteiger partial charge is 0.317 e. The molecule has 0 aromatic heterocycles. The van der Waals surface area contributed by atoms with Crippen molar-refractivity contribution in [2.45, 2.75) is 39.0 Å². The number of nitrogens with one attached hydrogen (secondary N) is 1. The van der Waals surface area contributed by atoms with Gasteiger partial charge in [0.25, 0.3) is 0 Å². The summed E-state index contributed by atoms with van der Waals surface area (Å²) in [7, 11) is 0. The standard InChI is InChI=1S/C15H23N/c1-4-16-10-14-9-15(14)13-7-5-12(6-8-13)11(2)3/h5-8,11,14-16H,4,9-10H2,1-3H3.